The molecule has 1 aromatic heterocycles. The fourth-order valence-corrected chi connectivity index (χ4v) is 1.54. The van der Waals surface area contributed by atoms with E-state index in [2.05, 4.69) is 10.4 Å². The quantitative estimate of drug-likeness (QED) is 0.823. The molecule has 1 amide bonds. The molecule has 5 nitrogen and oxygen atoms in total. The van der Waals surface area contributed by atoms with Crippen LogP contribution in [-0.4, -0.2) is 28.7 Å². The maximum absolute atomic E-state index is 12.0. The number of para-hydroxylation sites is 2. The van der Waals surface area contributed by atoms with Crippen molar-refractivity contribution in [2.24, 2.45) is 0 Å². The number of benzene rings is 1. The lowest BCUT2D eigenvalue weighted by Crippen LogP contribution is -2.28. The molecule has 0 saturated carbocycles. The van der Waals surface area contributed by atoms with Gasteiger partial charge < -0.3 is 11.1 Å². The molecule has 0 aliphatic rings. The van der Waals surface area contributed by atoms with Gasteiger partial charge in [0, 0.05) is 6.20 Å². The Morgan fingerprint density at radius 3 is 2.79 bits per heavy atom. The summed E-state index contributed by atoms with van der Waals surface area (Å²) < 4.78 is 25.4. The third-order valence-electron chi connectivity index (χ3n) is 2.42. The highest BCUT2D eigenvalue weighted by Crippen LogP contribution is 2.15. The minimum absolute atomic E-state index is 0.0592. The first-order valence-corrected chi connectivity index (χ1v) is 5.55. The zero-order valence-corrected chi connectivity index (χ0v) is 9.88. The number of nitrogen functional groups attached to an aromatic ring is 1. The standard InChI is InChI=1S/C12H12F2N4O/c13-11(14)7-16-12(19)9-5-6-18(17-9)10-4-2-1-3-8(10)15/h1-6,11H,7,15H2,(H,16,19). The van der Waals surface area contributed by atoms with E-state index in [1.165, 1.54) is 10.7 Å². The van der Waals surface area contributed by atoms with Crippen LogP contribution in [0.4, 0.5) is 14.5 Å². The molecule has 0 aliphatic carbocycles. The van der Waals surface area contributed by atoms with Crippen LogP contribution in [0, 0.1) is 0 Å². The third kappa shape index (κ3) is 3.06. The molecule has 1 aromatic carbocycles. The molecular weight excluding hydrogens is 254 g/mol. The Kier molecular flexibility index (Phi) is 3.74. The molecule has 19 heavy (non-hydrogen) atoms. The number of nitrogens with one attached hydrogen (secondary N) is 1. The van der Waals surface area contributed by atoms with E-state index in [4.69, 9.17) is 5.73 Å². The predicted octanol–water partition coefficient (Wildman–Crippen LogP) is 1.45. The average Bonchev–Trinajstić information content (AvgIpc) is 2.86. The Hall–Kier alpha value is -2.44. The molecular formula is C12H12F2N4O. The number of alkyl halides is 2. The number of amides is 1. The van der Waals surface area contributed by atoms with E-state index in [0.717, 1.165) is 0 Å². The predicted molar refractivity (Wildman–Crippen MR) is 66.3 cm³/mol. The number of halogens is 2. The molecule has 7 heteroatoms. The Balaban J connectivity index is 2.15. The van der Waals surface area contributed by atoms with Gasteiger partial charge >= 0.3 is 0 Å². The van der Waals surface area contributed by atoms with Crippen molar-refractivity contribution in [3.8, 4) is 5.69 Å². The van der Waals surface area contributed by atoms with Gasteiger partial charge in [0.05, 0.1) is 17.9 Å². The van der Waals surface area contributed by atoms with Gasteiger partial charge in [0.1, 0.15) is 0 Å². The van der Waals surface area contributed by atoms with Crippen LogP contribution in [-0.2, 0) is 0 Å². The zero-order chi connectivity index (χ0) is 13.8. The Morgan fingerprint density at radius 2 is 2.11 bits per heavy atom. The van der Waals surface area contributed by atoms with E-state index in [1.54, 1.807) is 30.5 Å². The highest BCUT2D eigenvalue weighted by Gasteiger charge is 2.12. The first-order chi connectivity index (χ1) is 9.08. The molecule has 0 bridgehead atoms. The third-order valence-corrected chi connectivity index (χ3v) is 2.42. The SMILES string of the molecule is Nc1ccccc1-n1ccc(C(=O)NCC(F)F)n1. The summed E-state index contributed by atoms with van der Waals surface area (Å²) in [5.41, 5.74) is 6.96. The van der Waals surface area contributed by atoms with Crippen molar-refractivity contribution in [2.75, 3.05) is 12.3 Å². The lowest BCUT2D eigenvalue weighted by molar-refractivity contribution is 0.0886. The van der Waals surface area contributed by atoms with E-state index >= 15 is 0 Å². The zero-order valence-electron chi connectivity index (χ0n) is 9.88. The van der Waals surface area contributed by atoms with Crippen LogP contribution in [0.15, 0.2) is 36.5 Å². The molecule has 0 unspecified atom stereocenters. The van der Waals surface area contributed by atoms with Gasteiger partial charge in [-0.15, -0.1) is 0 Å². The van der Waals surface area contributed by atoms with Crippen molar-refractivity contribution in [3.05, 3.63) is 42.2 Å². The van der Waals surface area contributed by atoms with Crippen LogP contribution in [0.3, 0.4) is 0 Å². The first-order valence-electron chi connectivity index (χ1n) is 5.55. The first kappa shape index (κ1) is 13.0. The van der Waals surface area contributed by atoms with Crippen molar-refractivity contribution < 1.29 is 13.6 Å². The van der Waals surface area contributed by atoms with Gasteiger partial charge in [-0.25, -0.2) is 13.5 Å². The van der Waals surface area contributed by atoms with E-state index in [-0.39, 0.29) is 5.69 Å². The number of hydrogen-bond acceptors (Lipinski definition) is 3. The van der Waals surface area contributed by atoms with Crippen molar-refractivity contribution in [1.82, 2.24) is 15.1 Å². The second kappa shape index (κ2) is 5.47. The van der Waals surface area contributed by atoms with Crippen LogP contribution in [0.1, 0.15) is 10.5 Å². The number of rotatable bonds is 4. The summed E-state index contributed by atoms with van der Waals surface area (Å²) in [6, 6.07) is 8.44. The minimum atomic E-state index is -2.59. The molecule has 100 valence electrons. The maximum atomic E-state index is 12.0. The van der Waals surface area contributed by atoms with E-state index in [1.807, 2.05) is 0 Å². The smallest absolute Gasteiger partial charge is 0.271 e. The van der Waals surface area contributed by atoms with Gasteiger partial charge in [0.15, 0.2) is 5.69 Å². The summed E-state index contributed by atoms with van der Waals surface area (Å²) in [5.74, 6) is -0.645. The van der Waals surface area contributed by atoms with Crippen LogP contribution in [0.25, 0.3) is 5.69 Å². The largest absolute Gasteiger partial charge is 0.397 e. The minimum Gasteiger partial charge on any atom is -0.397 e. The van der Waals surface area contributed by atoms with Gasteiger partial charge in [-0.2, -0.15) is 5.10 Å². The van der Waals surface area contributed by atoms with E-state index < -0.39 is 18.9 Å². The number of hydrogen-bond donors (Lipinski definition) is 2. The topological polar surface area (TPSA) is 72.9 Å². The molecule has 1 heterocycles. The normalized spacial score (nSPS) is 10.7. The molecule has 2 rings (SSSR count). The molecule has 0 atom stereocenters. The Labute approximate surface area is 108 Å². The van der Waals surface area contributed by atoms with Gasteiger partial charge in [-0.1, -0.05) is 12.1 Å². The number of carbonyl (C=O) groups excluding carboxylic acids is 1. The second-order valence-corrected chi connectivity index (χ2v) is 3.81. The lowest BCUT2D eigenvalue weighted by atomic mass is 10.3. The Bertz CT molecular complexity index is 583. The number of carbonyl (C=O) groups is 1. The fourth-order valence-electron chi connectivity index (χ4n) is 1.54. The van der Waals surface area contributed by atoms with Gasteiger partial charge in [0.2, 0.25) is 0 Å². The van der Waals surface area contributed by atoms with Gasteiger partial charge in [0.25, 0.3) is 12.3 Å². The monoisotopic (exact) mass is 266 g/mol. The number of anilines is 1. The summed E-state index contributed by atoms with van der Waals surface area (Å²) in [7, 11) is 0. The average molecular weight is 266 g/mol. The lowest BCUT2D eigenvalue weighted by Gasteiger charge is -2.04. The molecule has 0 spiro atoms. The molecule has 0 fully saturated rings. The van der Waals surface area contributed by atoms with E-state index in [9.17, 15) is 13.6 Å². The summed E-state index contributed by atoms with van der Waals surface area (Å²) in [6.07, 6.45) is -1.04. The fraction of sp³-hybridized carbons (Fsp3) is 0.167. The van der Waals surface area contributed by atoms with Gasteiger partial charge in [-0.3, -0.25) is 4.79 Å². The number of aromatic nitrogens is 2. The number of nitrogens with zero attached hydrogens (tertiary/aromatic N) is 2. The highest BCUT2D eigenvalue weighted by molar-refractivity contribution is 5.92. The summed E-state index contributed by atoms with van der Waals surface area (Å²) in [4.78, 5) is 11.5. The van der Waals surface area contributed by atoms with Crippen LogP contribution >= 0.6 is 0 Å². The van der Waals surface area contributed by atoms with Crippen LogP contribution in [0.2, 0.25) is 0 Å². The molecule has 2 aromatic rings. The van der Waals surface area contributed by atoms with Crippen molar-refractivity contribution in [2.45, 2.75) is 6.43 Å². The van der Waals surface area contributed by atoms with Crippen molar-refractivity contribution in [3.63, 3.8) is 0 Å². The maximum Gasteiger partial charge on any atom is 0.271 e. The summed E-state index contributed by atoms with van der Waals surface area (Å²) in [5, 5.41) is 6.08. The molecule has 3 N–H and O–H groups in total. The summed E-state index contributed by atoms with van der Waals surface area (Å²) >= 11 is 0. The van der Waals surface area contributed by atoms with Crippen molar-refractivity contribution in [1.29, 1.82) is 0 Å². The molecule has 0 saturated heterocycles. The van der Waals surface area contributed by atoms with E-state index in [0.29, 0.717) is 11.4 Å². The molecule has 0 radical (unpaired) electrons. The Morgan fingerprint density at radius 1 is 1.37 bits per heavy atom. The van der Waals surface area contributed by atoms with Gasteiger partial charge in [-0.05, 0) is 18.2 Å². The van der Waals surface area contributed by atoms with Crippen molar-refractivity contribution >= 4 is 11.6 Å². The van der Waals surface area contributed by atoms with Crippen LogP contribution in [0.5, 0.6) is 0 Å². The molecule has 0 aliphatic heterocycles. The highest BCUT2D eigenvalue weighted by atomic mass is 19.3. The number of nitrogens with two attached hydrogens (primary N) is 1. The summed E-state index contributed by atoms with van der Waals surface area (Å²) in [6.45, 7) is -0.695. The van der Waals surface area contributed by atoms with Crippen LogP contribution < -0.4 is 11.1 Å². The second-order valence-electron chi connectivity index (χ2n) is 3.81.